The molecule has 1 aliphatic rings. The lowest BCUT2D eigenvalue weighted by atomic mass is 9.99. The molecule has 2 rings (SSSR count). The Kier molecular flexibility index (Phi) is 3.57. The summed E-state index contributed by atoms with van der Waals surface area (Å²) < 4.78 is 5.32. The van der Waals surface area contributed by atoms with E-state index in [0.717, 1.165) is 41.2 Å². The molecule has 0 spiro atoms. The number of carbonyl (C=O) groups is 1. The van der Waals surface area contributed by atoms with Crippen LogP contribution in [0.5, 0.6) is 5.75 Å². The second kappa shape index (κ2) is 4.98. The molecule has 98 valence electrons. The van der Waals surface area contributed by atoms with Gasteiger partial charge in [0.25, 0.3) is 0 Å². The molecule has 0 atom stereocenters. The Hall–Kier alpha value is -1.55. The van der Waals surface area contributed by atoms with E-state index >= 15 is 0 Å². The number of ether oxygens (including phenoxy) is 1. The number of anilines is 1. The molecule has 0 aliphatic carbocycles. The number of aryl methyl sites for hydroxylation is 1. The molecule has 4 nitrogen and oxygen atoms in total. The first-order chi connectivity index (χ1) is 8.54. The molecular formula is C14H20N2O2. The summed E-state index contributed by atoms with van der Waals surface area (Å²) >= 11 is 0. The largest absolute Gasteiger partial charge is 0.496 e. The topological polar surface area (TPSA) is 50.4 Å². The standard InChI is InChI=1S/C14H20N2O2/c1-8-5-12(18-4)9(2)10(3)13(8)16-14(17)11-6-15-7-11/h5,11,15H,6-7H2,1-4H3,(H,16,17). The third-order valence-electron chi connectivity index (χ3n) is 3.67. The highest BCUT2D eigenvalue weighted by Gasteiger charge is 2.25. The van der Waals surface area contributed by atoms with Gasteiger partial charge in [0.05, 0.1) is 13.0 Å². The summed E-state index contributed by atoms with van der Waals surface area (Å²) in [6.07, 6.45) is 0. The van der Waals surface area contributed by atoms with Gasteiger partial charge in [-0.3, -0.25) is 4.79 Å². The van der Waals surface area contributed by atoms with Crippen LogP contribution in [0.1, 0.15) is 16.7 Å². The molecule has 1 aliphatic heterocycles. The summed E-state index contributed by atoms with van der Waals surface area (Å²) in [6, 6.07) is 1.97. The van der Waals surface area contributed by atoms with Crippen molar-refractivity contribution in [2.45, 2.75) is 20.8 Å². The molecule has 0 aromatic heterocycles. The normalized spacial score (nSPS) is 15.1. The van der Waals surface area contributed by atoms with Gasteiger partial charge >= 0.3 is 0 Å². The molecule has 0 unspecified atom stereocenters. The van der Waals surface area contributed by atoms with Gasteiger partial charge in [-0.1, -0.05) is 0 Å². The molecule has 18 heavy (non-hydrogen) atoms. The highest BCUT2D eigenvalue weighted by atomic mass is 16.5. The van der Waals surface area contributed by atoms with E-state index in [2.05, 4.69) is 10.6 Å². The van der Waals surface area contributed by atoms with Crippen molar-refractivity contribution in [1.29, 1.82) is 0 Å². The van der Waals surface area contributed by atoms with E-state index in [1.54, 1.807) is 7.11 Å². The Morgan fingerprint density at radius 3 is 2.50 bits per heavy atom. The van der Waals surface area contributed by atoms with E-state index in [4.69, 9.17) is 4.74 Å². The van der Waals surface area contributed by atoms with Gasteiger partial charge in [-0.2, -0.15) is 0 Å². The molecule has 1 aromatic carbocycles. The van der Waals surface area contributed by atoms with Crippen LogP contribution in [-0.4, -0.2) is 26.1 Å². The molecule has 0 radical (unpaired) electrons. The van der Waals surface area contributed by atoms with Gasteiger partial charge in [0.15, 0.2) is 0 Å². The zero-order valence-electron chi connectivity index (χ0n) is 11.4. The lowest BCUT2D eigenvalue weighted by Gasteiger charge is -2.27. The van der Waals surface area contributed by atoms with Gasteiger partial charge < -0.3 is 15.4 Å². The predicted molar refractivity (Wildman–Crippen MR) is 72.2 cm³/mol. The number of nitrogens with one attached hydrogen (secondary N) is 2. The third-order valence-corrected chi connectivity index (χ3v) is 3.67. The Morgan fingerprint density at radius 2 is 2.00 bits per heavy atom. The van der Waals surface area contributed by atoms with Gasteiger partial charge in [-0.05, 0) is 43.5 Å². The van der Waals surface area contributed by atoms with E-state index < -0.39 is 0 Å². The summed E-state index contributed by atoms with van der Waals surface area (Å²) in [5.74, 6) is 1.07. The fraction of sp³-hybridized carbons (Fsp3) is 0.500. The van der Waals surface area contributed by atoms with E-state index in [1.807, 2.05) is 26.8 Å². The van der Waals surface area contributed by atoms with E-state index in [9.17, 15) is 4.79 Å². The highest BCUT2D eigenvalue weighted by Crippen LogP contribution is 2.31. The van der Waals surface area contributed by atoms with Crippen LogP contribution >= 0.6 is 0 Å². The zero-order chi connectivity index (χ0) is 13.3. The second-order valence-electron chi connectivity index (χ2n) is 4.87. The predicted octanol–water partition coefficient (Wildman–Crippen LogP) is 1.78. The SMILES string of the molecule is COc1cc(C)c(NC(=O)C2CNC2)c(C)c1C. The summed E-state index contributed by atoms with van der Waals surface area (Å²) in [4.78, 5) is 12.0. The molecule has 1 heterocycles. The molecular weight excluding hydrogens is 228 g/mol. The minimum absolute atomic E-state index is 0.101. The molecule has 4 heteroatoms. The number of carbonyl (C=O) groups excluding carboxylic acids is 1. The first kappa shape index (κ1) is 12.9. The molecule has 0 bridgehead atoms. The second-order valence-corrected chi connectivity index (χ2v) is 4.87. The molecule has 1 amide bonds. The maximum absolute atomic E-state index is 12.0. The lowest BCUT2D eigenvalue weighted by molar-refractivity contribution is -0.121. The Balaban J connectivity index is 2.27. The van der Waals surface area contributed by atoms with Crippen molar-refractivity contribution in [3.05, 3.63) is 22.8 Å². The van der Waals surface area contributed by atoms with E-state index in [1.165, 1.54) is 0 Å². The number of benzene rings is 1. The van der Waals surface area contributed by atoms with Crippen molar-refractivity contribution in [2.24, 2.45) is 5.92 Å². The monoisotopic (exact) mass is 248 g/mol. The molecule has 1 aromatic rings. The van der Waals surface area contributed by atoms with Crippen LogP contribution in [0.3, 0.4) is 0 Å². The Morgan fingerprint density at radius 1 is 1.33 bits per heavy atom. The maximum atomic E-state index is 12.0. The van der Waals surface area contributed by atoms with Gasteiger partial charge in [-0.15, -0.1) is 0 Å². The van der Waals surface area contributed by atoms with Gasteiger partial charge in [-0.25, -0.2) is 0 Å². The first-order valence-electron chi connectivity index (χ1n) is 6.21. The van der Waals surface area contributed by atoms with Crippen molar-refractivity contribution in [3.63, 3.8) is 0 Å². The van der Waals surface area contributed by atoms with Crippen molar-refractivity contribution in [1.82, 2.24) is 5.32 Å². The van der Waals surface area contributed by atoms with Crippen molar-refractivity contribution in [2.75, 3.05) is 25.5 Å². The van der Waals surface area contributed by atoms with Crippen LogP contribution in [0, 0.1) is 26.7 Å². The fourth-order valence-electron chi connectivity index (χ4n) is 2.15. The summed E-state index contributed by atoms with van der Waals surface area (Å²) in [5.41, 5.74) is 4.11. The first-order valence-corrected chi connectivity index (χ1v) is 6.21. The van der Waals surface area contributed by atoms with Crippen molar-refractivity contribution < 1.29 is 9.53 Å². The highest BCUT2D eigenvalue weighted by molar-refractivity contribution is 5.95. The van der Waals surface area contributed by atoms with Gasteiger partial charge in [0.1, 0.15) is 5.75 Å². The van der Waals surface area contributed by atoms with E-state index in [-0.39, 0.29) is 11.8 Å². The van der Waals surface area contributed by atoms with Crippen molar-refractivity contribution >= 4 is 11.6 Å². The molecule has 2 N–H and O–H groups in total. The number of methoxy groups -OCH3 is 1. The minimum Gasteiger partial charge on any atom is -0.496 e. The maximum Gasteiger partial charge on any atom is 0.230 e. The molecule has 0 saturated carbocycles. The molecule has 1 fully saturated rings. The summed E-state index contributed by atoms with van der Waals surface area (Å²) in [5, 5.41) is 6.14. The lowest BCUT2D eigenvalue weighted by Crippen LogP contribution is -2.48. The van der Waals surface area contributed by atoms with E-state index in [0.29, 0.717) is 0 Å². The number of rotatable bonds is 3. The average Bonchev–Trinajstić information content (AvgIpc) is 2.27. The smallest absolute Gasteiger partial charge is 0.230 e. The summed E-state index contributed by atoms with van der Waals surface area (Å²) in [7, 11) is 1.67. The fourth-order valence-corrected chi connectivity index (χ4v) is 2.15. The third kappa shape index (κ3) is 2.20. The number of amides is 1. The number of hydrogen-bond acceptors (Lipinski definition) is 3. The van der Waals surface area contributed by atoms with Crippen LogP contribution in [0.15, 0.2) is 6.07 Å². The van der Waals surface area contributed by atoms with Crippen LogP contribution in [0.25, 0.3) is 0 Å². The van der Waals surface area contributed by atoms with Crippen molar-refractivity contribution in [3.8, 4) is 5.75 Å². The quantitative estimate of drug-likeness (QED) is 0.857. The van der Waals surface area contributed by atoms with Crippen LogP contribution in [0.2, 0.25) is 0 Å². The zero-order valence-corrected chi connectivity index (χ0v) is 11.4. The van der Waals surface area contributed by atoms with Crippen LogP contribution < -0.4 is 15.4 Å². The average molecular weight is 248 g/mol. The van der Waals surface area contributed by atoms with Gasteiger partial charge in [0, 0.05) is 18.8 Å². The summed E-state index contributed by atoms with van der Waals surface area (Å²) in [6.45, 7) is 7.56. The van der Waals surface area contributed by atoms with Crippen LogP contribution in [0.4, 0.5) is 5.69 Å². The Bertz CT molecular complexity index is 479. The van der Waals surface area contributed by atoms with Gasteiger partial charge in [0.2, 0.25) is 5.91 Å². The number of hydrogen-bond donors (Lipinski definition) is 2. The molecule has 1 saturated heterocycles. The minimum atomic E-state index is 0.101. The Labute approximate surface area is 108 Å². The van der Waals surface area contributed by atoms with Crippen LogP contribution in [-0.2, 0) is 4.79 Å².